The third-order valence-corrected chi connectivity index (χ3v) is 3.89. The number of nitrogens with zero attached hydrogens (tertiary/aromatic N) is 6. The van der Waals surface area contributed by atoms with Gasteiger partial charge in [-0.15, -0.1) is 5.10 Å². The van der Waals surface area contributed by atoms with E-state index in [1.54, 1.807) is 4.68 Å². The van der Waals surface area contributed by atoms with E-state index in [9.17, 15) is 0 Å². The van der Waals surface area contributed by atoms with Gasteiger partial charge in [-0.25, -0.2) is 14.6 Å². The van der Waals surface area contributed by atoms with Gasteiger partial charge in [0.1, 0.15) is 16.7 Å². The van der Waals surface area contributed by atoms with Crippen molar-refractivity contribution in [3.63, 3.8) is 0 Å². The standard InChI is InChI=1S/C12H19N7S/c1-5-7-13-10-8(3)11(15-9(6-2)14-10)20-12-16-17-18-19(12)4/h5-7H2,1-4H3,(H,13,14,15). The van der Waals surface area contributed by atoms with Crippen molar-refractivity contribution in [2.45, 2.75) is 43.8 Å². The van der Waals surface area contributed by atoms with Crippen LogP contribution in [-0.4, -0.2) is 36.7 Å². The summed E-state index contributed by atoms with van der Waals surface area (Å²) in [5, 5.41) is 16.4. The maximum Gasteiger partial charge on any atom is 0.215 e. The summed E-state index contributed by atoms with van der Waals surface area (Å²) in [5.74, 6) is 1.73. The van der Waals surface area contributed by atoms with Gasteiger partial charge < -0.3 is 5.32 Å². The van der Waals surface area contributed by atoms with E-state index in [4.69, 9.17) is 0 Å². The smallest absolute Gasteiger partial charge is 0.215 e. The van der Waals surface area contributed by atoms with E-state index < -0.39 is 0 Å². The average molecular weight is 293 g/mol. The zero-order valence-corrected chi connectivity index (χ0v) is 13.0. The van der Waals surface area contributed by atoms with E-state index in [0.29, 0.717) is 0 Å². The zero-order valence-electron chi connectivity index (χ0n) is 12.2. The molecule has 2 aromatic rings. The van der Waals surface area contributed by atoms with Gasteiger partial charge in [0.25, 0.3) is 0 Å². The first kappa shape index (κ1) is 14.7. The molecular weight excluding hydrogens is 274 g/mol. The van der Waals surface area contributed by atoms with Gasteiger partial charge in [0.15, 0.2) is 0 Å². The van der Waals surface area contributed by atoms with Crippen LogP contribution in [0.4, 0.5) is 5.82 Å². The summed E-state index contributed by atoms with van der Waals surface area (Å²) in [6, 6.07) is 0. The molecule has 0 spiro atoms. The van der Waals surface area contributed by atoms with E-state index in [2.05, 4.69) is 37.7 Å². The van der Waals surface area contributed by atoms with Gasteiger partial charge in [-0.1, -0.05) is 13.8 Å². The Morgan fingerprint density at radius 3 is 2.65 bits per heavy atom. The Morgan fingerprint density at radius 1 is 1.25 bits per heavy atom. The molecule has 2 heterocycles. The molecule has 0 unspecified atom stereocenters. The molecule has 0 fully saturated rings. The summed E-state index contributed by atoms with van der Waals surface area (Å²) in [6.07, 6.45) is 1.85. The van der Waals surface area contributed by atoms with Gasteiger partial charge in [0, 0.05) is 25.6 Å². The first-order chi connectivity index (χ1) is 9.65. The van der Waals surface area contributed by atoms with Gasteiger partial charge in [0.05, 0.1) is 0 Å². The first-order valence-corrected chi connectivity index (χ1v) is 7.48. The lowest BCUT2D eigenvalue weighted by molar-refractivity contribution is 0.664. The molecule has 8 heteroatoms. The highest BCUT2D eigenvalue weighted by atomic mass is 32.2. The maximum atomic E-state index is 4.58. The van der Waals surface area contributed by atoms with Crippen LogP contribution in [0.25, 0.3) is 0 Å². The molecule has 0 saturated heterocycles. The SMILES string of the molecule is CCCNc1nc(CC)nc(Sc2nnnn2C)c1C. The van der Waals surface area contributed by atoms with Crippen molar-refractivity contribution >= 4 is 17.6 Å². The van der Waals surface area contributed by atoms with Gasteiger partial charge in [-0.2, -0.15) is 0 Å². The summed E-state index contributed by atoms with van der Waals surface area (Å²) in [6.45, 7) is 7.10. The summed E-state index contributed by atoms with van der Waals surface area (Å²) in [7, 11) is 1.82. The number of rotatable bonds is 6. The second kappa shape index (κ2) is 6.65. The van der Waals surface area contributed by atoms with E-state index in [0.717, 1.165) is 46.8 Å². The molecule has 0 atom stereocenters. The highest BCUT2D eigenvalue weighted by Gasteiger charge is 2.14. The van der Waals surface area contributed by atoms with Crippen LogP contribution in [0.15, 0.2) is 10.2 Å². The molecule has 0 saturated carbocycles. The van der Waals surface area contributed by atoms with Crippen molar-refractivity contribution in [3.05, 3.63) is 11.4 Å². The highest BCUT2D eigenvalue weighted by molar-refractivity contribution is 7.99. The maximum absolute atomic E-state index is 4.58. The normalized spacial score (nSPS) is 10.8. The molecular formula is C12H19N7S. The predicted octanol–water partition coefficient (Wildman–Crippen LogP) is 1.84. The number of tetrazole rings is 1. The molecule has 0 aliphatic rings. The van der Waals surface area contributed by atoms with Gasteiger partial charge in [0.2, 0.25) is 5.16 Å². The molecule has 0 radical (unpaired) electrons. The van der Waals surface area contributed by atoms with Crippen molar-refractivity contribution < 1.29 is 0 Å². The molecule has 0 aliphatic heterocycles. The Kier molecular flexibility index (Phi) is 4.89. The topological polar surface area (TPSA) is 81.4 Å². The van der Waals surface area contributed by atoms with E-state index >= 15 is 0 Å². The molecule has 2 rings (SSSR count). The van der Waals surface area contributed by atoms with Gasteiger partial charge in [-0.05, 0) is 35.5 Å². The molecule has 2 aromatic heterocycles. The summed E-state index contributed by atoms with van der Waals surface area (Å²) >= 11 is 1.46. The van der Waals surface area contributed by atoms with Gasteiger partial charge >= 0.3 is 0 Å². The third-order valence-electron chi connectivity index (χ3n) is 2.78. The van der Waals surface area contributed by atoms with Crippen molar-refractivity contribution in [2.75, 3.05) is 11.9 Å². The minimum Gasteiger partial charge on any atom is -0.370 e. The lowest BCUT2D eigenvalue weighted by Gasteiger charge is -2.12. The van der Waals surface area contributed by atoms with Crippen molar-refractivity contribution in [1.29, 1.82) is 0 Å². The molecule has 0 aliphatic carbocycles. The van der Waals surface area contributed by atoms with Gasteiger partial charge in [-0.3, -0.25) is 0 Å². The van der Waals surface area contributed by atoms with Crippen LogP contribution >= 0.6 is 11.8 Å². The fourth-order valence-corrected chi connectivity index (χ4v) is 2.43. The van der Waals surface area contributed by atoms with Crippen molar-refractivity contribution in [1.82, 2.24) is 30.2 Å². The number of nitrogens with one attached hydrogen (secondary N) is 1. The molecule has 108 valence electrons. The molecule has 0 aromatic carbocycles. The minimum atomic E-state index is 0.718. The van der Waals surface area contributed by atoms with Crippen LogP contribution in [-0.2, 0) is 13.5 Å². The first-order valence-electron chi connectivity index (χ1n) is 6.67. The van der Waals surface area contributed by atoms with E-state index in [1.807, 2.05) is 20.9 Å². The summed E-state index contributed by atoms with van der Waals surface area (Å²) in [5.41, 5.74) is 1.03. The quantitative estimate of drug-likeness (QED) is 0.814. The number of aromatic nitrogens is 6. The lowest BCUT2D eigenvalue weighted by atomic mass is 10.3. The number of hydrogen-bond donors (Lipinski definition) is 1. The Hall–Kier alpha value is -1.70. The second-order valence-electron chi connectivity index (χ2n) is 4.39. The molecule has 20 heavy (non-hydrogen) atoms. The Morgan fingerprint density at radius 2 is 2.05 bits per heavy atom. The van der Waals surface area contributed by atoms with Crippen molar-refractivity contribution in [3.8, 4) is 0 Å². The monoisotopic (exact) mass is 293 g/mol. The van der Waals surface area contributed by atoms with Crippen LogP contribution in [0.5, 0.6) is 0 Å². The number of hydrogen-bond acceptors (Lipinski definition) is 7. The largest absolute Gasteiger partial charge is 0.370 e. The fourth-order valence-electron chi connectivity index (χ4n) is 1.61. The van der Waals surface area contributed by atoms with Crippen LogP contribution in [0, 0.1) is 6.92 Å². The van der Waals surface area contributed by atoms with Crippen LogP contribution in [0.1, 0.15) is 31.7 Å². The average Bonchev–Trinajstić information content (AvgIpc) is 2.85. The molecule has 0 bridgehead atoms. The Balaban J connectivity index is 2.33. The zero-order chi connectivity index (χ0) is 14.5. The predicted molar refractivity (Wildman–Crippen MR) is 77.8 cm³/mol. The minimum absolute atomic E-state index is 0.718. The second-order valence-corrected chi connectivity index (χ2v) is 5.34. The van der Waals surface area contributed by atoms with Crippen LogP contribution in [0.3, 0.4) is 0 Å². The molecule has 7 nitrogen and oxygen atoms in total. The van der Waals surface area contributed by atoms with E-state index in [-0.39, 0.29) is 0 Å². The molecule has 1 N–H and O–H groups in total. The van der Waals surface area contributed by atoms with Crippen LogP contribution < -0.4 is 5.32 Å². The number of anilines is 1. The number of aryl methyl sites for hydroxylation is 2. The third kappa shape index (κ3) is 3.24. The lowest BCUT2D eigenvalue weighted by Crippen LogP contribution is -2.08. The van der Waals surface area contributed by atoms with Crippen molar-refractivity contribution in [2.24, 2.45) is 7.05 Å². The fraction of sp³-hybridized carbons (Fsp3) is 0.583. The Labute approximate surface area is 122 Å². The van der Waals surface area contributed by atoms with Crippen LogP contribution in [0.2, 0.25) is 0 Å². The Bertz CT molecular complexity index is 581. The molecule has 0 amide bonds. The summed E-state index contributed by atoms with van der Waals surface area (Å²) in [4.78, 5) is 9.13. The summed E-state index contributed by atoms with van der Waals surface area (Å²) < 4.78 is 1.64. The van der Waals surface area contributed by atoms with E-state index in [1.165, 1.54) is 11.8 Å². The highest BCUT2D eigenvalue weighted by Crippen LogP contribution is 2.29.